The summed E-state index contributed by atoms with van der Waals surface area (Å²) in [6, 6.07) is 2.93. The highest BCUT2D eigenvalue weighted by atomic mass is 28.3. The van der Waals surface area contributed by atoms with E-state index in [9.17, 15) is 0 Å². The van der Waals surface area contributed by atoms with Crippen LogP contribution in [0.25, 0.3) is 0 Å². The highest BCUT2D eigenvalue weighted by Gasteiger charge is 1.86. The van der Waals surface area contributed by atoms with Crippen LogP contribution in [0.3, 0.4) is 0 Å². The van der Waals surface area contributed by atoms with Crippen molar-refractivity contribution in [2.45, 2.75) is 12.5 Å². The first-order valence-corrected chi connectivity index (χ1v) is 8.31. The van der Waals surface area contributed by atoms with E-state index >= 15 is 0 Å². The lowest BCUT2D eigenvalue weighted by atomic mass is 10.5. The molecule has 0 aliphatic carbocycles. The van der Waals surface area contributed by atoms with Crippen molar-refractivity contribution >= 4 is 30.3 Å². The van der Waals surface area contributed by atoms with Crippen molar-refractivity contribution in [2.75, 3.05) is 6.54 Å². The Morgan fingerprint density at radius 1 is 1.33 bits per heavy atom. The molecule has 0 saturated heterocycles. The molecule has 1 aromatic heterocycles. The maximum Gasteiger partial charge on any atom is 0.282 e. The largest absolute Gasteiger partial charge is 0.449 e. The summed E-state index contributed by atoms with van der Waals surface area (Å²) in [4.78, 5) is 0. The maximum atomic E-state index is 5.32. The number of aromatic nitrogens is 3. The molecule has 0 aromatic carbocycles. The Hall–Kier alpha value is -0.459. The van der Waals surface area contributed by atoms with E-state index < -0.39 is 10.0 Å². The van der Waals surface area contributed by atoms with Gasteiger partial charge in [0.15, 0.2) is 0 Å². The minimum absolute atomic E-state index is 0.232. The number of hydrogen-bond acceptors (Lipinski definition) is 6. The predicted molar refractivity (Wildman–Crippen MR) is 67.5 cm³/mol. The van der Waals surface area contributed by atoms with E-state index in [1.54, 1.807) is 18.5 Å². The molecule has 1 aromatic rings. The molecule has 0 aliphatic heterocycles. The molecule has 9 heteroatoms. The fourth-order valence-electron chi connectivity index (χ4n) is 0.696. The van der Waals surface area contributed by atoms with Gasteiger partial charge in [0.2, 0.25) is 0 Å². The summed E-state index contributed by atoms with van der Waals surface area (Å²) in [5.74, 6) is 0. The molecule has 1 heterocycles. The van der Waals surface area contributed by atoms with Crippen LogP contribution in [0.4, 0.5) is 0 Å². The Kier molecular flexibility index (Phi) is 13.1. The van der Waals surface area contributed by atoms with Crippen LogP contribution in [0.5, 0.6) is 0 Å². The zero-order valence-electron chi connectivity index (χ0n) is 9.00. The Morgan fingerprint density at radius 3 is 2.47 bits per heavy atom. The van der Waals surface area contributed by atoms with Crippen molar-refractivity contribution in [3.63, 3.8) is 0 Å². The molecule has 1 rings (SSSR count). The second kappa shape index (κ2) is 13.5. The lowest BCUT2D eigenvalue weighted by Crippen LogP contribution is -2.08. The first-order chi connectivity index (χ1) is 7.41. The van der Waals surface area contributed by atoms with Gasteiger partial charge in [0.05, 0.1) is 12.4 Å². The smallest absolute Gasteiger partial charge is 0.282 e. The van der Waals surface area contributed by atoms with Crippen molar-refractivity contribution in [3.8, 4) is 0 Å². The van der Waals surface area contributed by atoms with Crippen LogP contribution in [-0.4, -0.2) is 52.2 Å². The molecule has 0 unspecified atom stereocenters. The van der Waals surface area contributed by atoms with E-state index in [4.69, 9.17) is 14.0 Å². The highest BCUT2D eigenvalue weighted by molar-refractivity contribution is 6.41. The third-order valence-electron chi connectivity index (χ3n) is 1.35. The predicted octanol–water partition coefficient (Wildman–Crippen LogP) is -2.98. The molecule has 0 amide bonds. The molecule has 0 fully saturated rings. The fraction of sp³-hybridized carbons (Fsp3) is 0.500. The summed E-state index contributed by atoms with van der Waals surface area (Å²) >= 11 is 0. The monoisotopic (exact) mass is 262 g/mol. The van der Waals surface area contributed by atoms with Gasteiger partial charge in [-0.25, -0.2) is 0 Å². The lowest BCUT2D eigenvalue weighted by Gasteiger charge is -1.99. The third-order valence-corrected chi connectivity index (χ3v) is 4.91. The van der Waals surface area contributed by atoms with Crippen molar-refractivity contribution < 1.29 is 8.23 Å². The van der Waals surface area contributed by atoms with Crippen molar-refractivity contribution in [3.05, 3.63) is 18.5 Å². The second-order valence-electron chi connectivity index (χ2n) is 2.62. The van der Waals surface area contributed by atoms with E-state index in [1.807, 2.05) is 0 Å². The average Bonchev–Trinajstić information content (AvgIpc) is 2.32. The molecular weight excluding hydrogens is 244 g/mol. The van der Waals surface area contributed by atoms with Gasteiger partial charge in [0.25, 0.3) is 10.0 Å². The molecular formula is C6H18N4O2Si3. The highest BCUT2D eigenvalue weighted by Crippen LogP contribution is 1.84. The molecule has 0 radical (unpaired) electrons. The third kappa shape index (κ3) is 13.5. The van der Waals surface area contributed by atoms with E-state index in [0.717, 1.165) is 23.5 Å². The topological polar surface area (TPSA) is 83.2 Å². The van der Waals surface area contributed by atoms with Gasteiger partial charge in [-0.1, -0.05) is 0 Å². The van der Waals surface area contributed by atoms with Crippen molar-refractivity contribution in [2.24, 2.45) is 5.73 Å². The van der Waals surface area contributed by atoms with Gasteiger partial charge in [0, 0.05) is 0 Å². The summed E-state index contributed by atoms with van der Waals surface area (Å²) in [7, 11) is 0.0872. The zero-order valence-corrected chi connectivity index (χ0v) is 13.8. The fourth-order valence-corrected chi connectivity index (χ4v) is 4.64. The van der Waals surface area contributed by atoms with E-state index in [0.29, 0.717) is 0 Å². The normalized spacial score (nSPS) is 11.0. The van der Waals surface area contributed by atoms with Crippen LogP contribution in [0, 0.1) is 0 Å². The number of nitrogens with two attached hydrogens (primary N) is 1. The standard InChI is InChI=1S/C3H3N3.C3H15NO2Si3/c1-2-4-6-5-3-1;4-2-1-3-8-6-9-5-7/h1-3H;1-4,8-9H2,7H3. The van der Waals surface area contributed by atoms with Gasteiger partial charge in [-0.05, 0) is 30.3 Å². The number of nitrogens with zero attached hydrogens (tertiary/aromatic N) is 3. The van der Waals surface area contributed by atoms with E-state index in [-0.39, 0.29) is 9.76 Å². The summed E-state index contributed by atoms with van der Waals surface area (Å²) in [6.45, 7) is 0.805. The summed E-state index contributed by atoms with van der Waals surface area (Å²) < 4.78 is 10.3. The van der Waals surface area contributed by atoms with Crippen LogP contribution in [0.1, 0.15) is 6.42 Å². The van der Waals surface area contributed by atoms with Gasteiger partial charge in [0.1, 0.15) is 20.2 Å². The Bertz CT molecular complexity index is 174. The van der Waals surface area contributed by atoms with Gasteiger partial charge in [-0.15, -0.1) is 10.2 Å². The van der Waals surface area contributed by atoms with Gasteiger partial charge in [-0.2, -0.15) is 0 Å². The van der Waals surface area contributed by atoms with Gasteiger partial charge < -0.3 is 14.0 Å². The first kappa shape index (κ1) is 14.5. The molecule has 86 valence electrons. The second-order valence-corrected chi connectivity index (χ2v) is 7.91. The molecule has 2 N–H and O–H groups in total. The average molecular weight is 262 g/mol. The molecule has 15 heavy (non-hydrogen) atoms. The van der Waals surface area contributed by atoms with Crippen LogP contribution < -0.4 is 5.73 Å². The molecule has 0 aliphatic rings. The lowest BCUT2D eigenvalue weighted by molar-refractivity contribution is 0.500. The Balaban J connectivity index is 0.000000280. The summed E-state index contributed by atoms with van der Waals surface area (Å²) in [6.07, 6.45) is 4.28. The van der Waals surface area contributed by atoms with E-state index in [1.165, 1.54) is 6.04 Å². The Morgan fingerprint density at radius 2 is 2.07 bits per heavy atom. The first-order valence-electron chi connectivity index (χ1n) is 4.77. The van der Waals surface area contributed by atoms with Crippen LogP contribution in [0.2, 0.25) is 6.04 Å². The molecule has 0 spiro atoms. The van der Waals surface area contributed by atoms with Crippen molar-refractivity contribution in [1.29, 1.82) is 0 Å². The van der Waals surface area contributed by atoms with Crippen LogP contribution in [0.15, 0.2) is 18.5 Å². The minimum Gasteiger partial charge on any atom is -0.449 e. The van der Waals surface area contributed by atoms with Crippen molar-refractivity contribution in [1.82, 2.24) is 15.4 Å². The van der Waals surface area contributed by atoms with E-state index in [2.05, 4.69) is 15.4 Å². The number of hydrogen-bond donors (Lipinski definition) is 1. The van der Waals surface area contributed by atoms with Crippen LogP contribution >= 0.6 is 0 Å². The van der Waals surface area contributed by atoms with Crippen LogP contribution in [-0.2, 0) is 8.23 Å². The number of rotatable bonds is 6. The maximum absolute atomic E-state index is 5.32. The molecule has 0 atom stereocenters. The zero-order chi connectivity index (χ0) is 11.2. The molecule has 0 saturated carbocycles. The summed E-state index contributed by atoms with van der Waals surface area (Å²) in [5.41, 5.74) is 5.30. The van der Waals surface area contributed by atoms with Gasteiger partial charge in [-0.3, -0.25) is 0 Å². The molecule has 0 bridgehead atoms. The molecule has 6 nitrogen and oxygen atoms in total. The summed E-state index contributed by atoms with van der Waals surface area (Å²) in [5, 5.41) is 10.1. The Labute approximate surface area is 97.5 Å². The SMILES string of the molecule is NCCC[SiH2]O[SiH2]O[SiH3].c1cnnnc1. The quantitative estimate of drug-likeness (QED) is 0.435. The minimum atomic E-state index is -0.524. The van der Waals surface area contributed by atoms with Gasteiger partial charge >= 0.3 is 0 Å².